The fourth-order valence-electron chi connectivity index (χ4n) is 1.70. The second-order valence-electron chi connectivity index (χ2n) is 4.20. The number of rotatable bonds is 6. The van der Waals surface area contributed by atoms with E-state index in [9.17, 15) is 9.59 Å². The van der Waals surface area contributed by atoms with Crippen LogP contribution in [0.2, 0.25) is 0 Å². The van der Waals surface area contributed by atoms with E-state index >= 15 is 0 Å². The van der Waals surface area contributed by atoms with Gasteiger partial charge in [-0.3, -0.25) is 9.59 Å². The van der Waals surface area contributed by atoms with E-state index in [1.54, 1.807) is 0 Å². The summed E-state index contributed by atoms with van der Waals surface area (Å²) in [6, 6.07) is 9.24. The summed E-state index contributed by atoms with van der Waals surface area (Å²) in [5, 5.41) is 17.9. The van der Waals surface area contributed by atoms with Gasteiger partial charge in [0, 0.05) is 0 Å². The molecule has 2 unspecified atom stereocenters. The SMILES string of the molecule is CC(CC(Cc1ccccc1)C(=O)O)C(=O)O. The topological polar surface area (TPSA) is 74.6 Å². The van der Waals surface area contributed by atoms with Gasteiger partial charge in [0.05, 0.1) is 11.8 Å². The molecule has 1 aromatic rings. The fourth-order valence-corrected chi connectivity index (χ4v) is 1.70. The van der Waals surface area contributed by atoms with Crippen LogP contribution in [0.25, 0.3) is 0 Å². The molecule has 1 rings (SSSR count). The summed E-state index contributed by atoms with van der Waals surface area (Å²) in [6.07, 6.45) is 0.521. The minimum absolute atomic E-state index is 0.152. The Morgan fingerprint density at radius 3 is 2.18 bits per heavy atom. The first-order valence-electron chi connectivity index (χ1n) is 5.50. The van der Waals surface area contributed by atoms with Crippen molar-refractivity contribution in [2.75, 3.05) is 0 Å². The van der Waals surface area contributed by atoms with Crippen LogP contribution < -0.4 is 0 Å². The summed E-state index contributed by atoms with van der Waals surface area (Å²) >= 11 is 0. The smallest absolute Gasteiger partial charge is 0.306 e. The highest BCUT2D eigenvalue weighted by Gasteiger charge is 2.24. The predicted octanol–water partition coefficient (Wildman–Crippen LogP) is 2.04. The highest BCUT2D eigenvalue weighted by Crippen LogP contribution is 2.18. The summed E-state index contributed by atoms with van der Waals surface area (Å²) in [6.45, 7) is 1.53. The molecular weight excluding hydrogens is 220 g/mol. The van der Waals surface area contributed by atoms with E-state index in [1.165, 1.54) is 6.92 Å². The molecule has 0 bridgehead atoms. The molecule has 17 heavy (non-hydrogen) atoms. The van der Waals surface area contributed by atoms with Crippen molar-refractivity contribution in [3.8, 4) is 0 Å². The zero-order valence-electron chi connectivity index (χ0n) is 9.67. The Labute approximate surface area is 99.9 Å². The number of benzene rings is 1. The van der Waals surface area contributed by atoms with Crippen molar-refractivity contribution in [2.24, 2.45) is 11.8 Å². The molecule has 4 nitrogen and oxygen atoms in total. The monoisotopic (exact) mass is 236 g/mol. The Morgan fingerprint density at radius 2 is 1.71 bits per heavy atom. The molecule has 0 aliphatic rings. The number of aliphatic carboxylic acids is 2. The normalized spacial score (nSPS) is 13.9. The Bertz CT molecular complexity index is 386. The lowest BCUT2D eigenvalue weighted by atomic mass is 9.90. The van der Waals surface area contributed by atoms with Crippen LogP contribution in [0.4, 0.5) is 0 Å². The molecule has 0 fully saturated rings. The first kappa shape index (κ1) is 13.2. The van der Waals surface area contributed by atoms with Crippen molar-refractivity contribution < 1.29 is 19.8 Å². The summed E-state index contributed by atoms with van der Waals surface area (Å²) in [4.78, 5) is 21.8. The maximum atomic E-state index is 11.1. The third-order valence-electron chi connectivity index (χ3n) is 2.73. The van der Waals surface area contributed by atoms with E-state index in [0.717, 1.165) is 5.56 Å². The van der Waals surface area contributed by atoms with Crippen LogP contribution in [0.15, 0.2) is 30.3 Å². The molecule has 0 spiro atoms. The van der Waals surface area contributed by atoms with Gasteiger partial charge in [-0.2, -0.15) is 0 Å². The highest BCUT2D eigenvalue weighted by atomic mass is 16.4. The zero-order valence-corrected chi connectivity index (χ0v) is 9.67. The summed E-state index contributed by atoms with van der Waals surface area (Å²) in [5.74, 6) is -3.19. The van der Waals surface area contributed by atoms with Gasteiger partial charge in [0.1, 0.15) is 0 Å². The summed E-state index contributed by atoms with van der Waals surface area (Å²) in [5.41, 5.74) is 0.914. The van der Waals surface area contributed by atoms with Crippen molar-refractivity contribution in [1.82, 2.24) is 0 Å². The molecule has 1 aromatic carbocycles. The molecular formula is C13H16O4. The Kier molecular flexibility index (Phi) is 4.69. The minimum Gasteiger partial charge on any atom is -0.481 e. The maximum absolute atomic E-state index is 11.1. The van der Waals surface area contributed by atoms with Gasteiger partial charge in [-0.1, -0.05) is 37.3 Å². The Hall–Kier alpha value is -1.84. The molecule has 2 N–H and O–H groups in total. The Morgan fingerprint density at radius 1 is 1.12 bits per heavy atom. The van der Waals surface area contributed by atoms with Gasteiger partial charge in [-0.25, -0.2) is 0 Å². The van der Waals surface area contributed by atoms with Gasteiger partial charge >= 0.3 is 11.9 Å². The van der Waals surface area contributed by atoms with Crippen molar-refractivity contribution in [3.05, 3.63) is 35.9 Å². The lowest BCUT2D eigenvalue weighted by Gasteiger charge is -2.14. The van der Waals surface area contributed by atoms with E-state index in [0.29, 0.717) is 6.42 Å². The summed E-state index contributed by atoms with van der Waals surface area (Å²) < 4.78 is 0. The first-order chi connectivity index (χ1) is 8.00. The molecule has 2 atom stereocenters. The average molecular weight is 236 g/mol. The number of carboxylic acid groups (broad SMARTS) is 2. The van der Waals surface area contributed by atoms with Crippen LogP contribution in [-0.4, -0.2) is 22.2 Å². The molecule has 4 heteroatoms. The van der Waals surface area contributed by atoms with Crippen LogP contribution in [0.1, 0.15) is 18.9 Å². The molecule has 0 saturated heterocycles. The van der Waals surface area contributed by atoms with Crippen LogP contribution in [-0.2, 0) is 16.0 Å². The fraction of sp³-hybridized carbons (Fsp3) is 0.385. The van der Waals surface area contributed by atoms with E-state index in [4.69, 9.17) is 10.2 Å². The average Bonchev–Trinajstić information content (AvgIpc) is 2.29. The van der Waals surface area contributed by atoms with E-state index in [2.05, 4.69) is 0 Å². The largest absolute Gasteiger partial charge is 0.481 e. The molecule has 0 aliphatic heterocycles. The van der Waals surface area contributed by atoms with Gasteiger partial charge in [0.25, 0.3) is 0 Å². The third kappa shape index (κ3) is 4.26. The lowest BCUT2D eigenvalue weighted by Crippen LogP contribution is -2.22. The quantitative estimate of drug-likeness (QED) is 0.792. The number of carbonyl (C=O) groups is 2. The van der Waals surface area contributed by atoms with Gasteiger partial charge in [0.15, 0.2) is 0 Å². The lowest BCUT2D eigenvalue weighted by molar-refractivity contribution is -0.145. The van der Waals surface area contributed by atoms with Gasteiger partial charge < -0.3 is 10.2 Å². The zero-order chi connectivity index (χ0) is 12.8. The van der Waals surface area contributed by atoms with Crippen molar-refractivity contribution in [3.63, 3.8) is 0 Å². The van der Waals surface area contributed by atoms with E-state index < -0.39 is 23.8 Å². The van der Waals surface area contributed by atoms with Crippen molar-refractivity contribution >= 4 is 11.9 Å². The third-order valence-corrected chi connectivity index (χ3v) is 2.73. The predicted molar refractivity (Wildman–Crippen MR) is 62.7 cm³/mol. The molecule has 0 aliphatic carbocycles. The van der Waals surface area contributed by atoms with E-state index in [1.807, 2.05) is 30.3 Å². The highest BCUT2D eigenvalue weighted by molar-refractivity contribution is 5.73. The standard InChI is InChI=1S/C13H16O4/c1-9(12(14)15)7-11(13(16)17)8-10-5-3-2-4-6-10/h2-6,9,11H,7-8H2,1H3,(H,14,15)(H,16,17). The molecule has 0 aromatic heterocycles. The number of hydrogen-bond acceptors (Lipinski definition) is 2. The van der Waals surface area contributed by atoms with E-state index in [-0.39, 0.29) is 6.42 Å². The van der Waals surface area contributed by atoms with Gasteiger partial charge in [-0.05, 0) is 18.4 Å². The molecule has 0 radical (unpaired) electrons. The van der Waals surface area contributed by atoms with Crippen LogP contribution >= 0.6 is 0 Å². The molecule has 0 heterocycles. The van der Waals surface area contributed by atoms with Gasteiger partial charge in [0.2, 0.25) is 0 Å². The van der Waals surface area contributed by atoms with Crippen LogP contribution in [0.3, 0.4) is 0 Å². The second kappa shape index (κ2) is 6.03. The number of hydrogen-bond donors (Lipinski definition) is 2. The maximum Gasteiger partial charge on any atom is 0.306 e. The summed E-state index contributed by atoms with van der Waals surface area (Å²) in [7, 11) is 0. The molecule has 92 valence electrons. The number of carboxylic acids is 2. The Balaban J connectivity index is 2.67. The molecule has 0 amide bonds. The molecule has 0 saturated carbocycles. The second-order valence-corrected chi connectivity index (χ2v) is 4.20. The van der Waals surface area contributed by atoms with Crippen LogP contribution in [0, 0.1) is 11.8 Å². The van der Waals surface area contributed by atoms with Crippen LogP contribution in [0.5, 0.6) is 0 Å². The van der Waals surface area contributed by atoms with Crippen molar-refractivity contribution in [2.45, 2.75) is 19.8 Å². The first-order valence-corrected chi connectivity index (χ1v) is 5.50. The minimum atomic E-state index is -0.954. The van der Waals surface area contributed by atoms with Crippen molar-refractivity contribution in [1.29, 1.82) is 0 Å². The van der Waals surface area contributed by atoms with Gasteiger partial charge in [-0.15, -0.1) is 0 Å².